The summed E-state index contributed by atoms with van der Waals surface area (Å²) < 4.78 is 31.0. The normalized spacial score (nSPS) is 10.8. The molecule has 0 saturated heterocycles. The van der Waals surface area contributed by atoms with E-state index in [0.29, 0.717) is 0 Å². The summed E-state index contributed by atoms with van der Waals surface area (Å²) in [5.74, 6) is -1.74. The highest BCUT2D eigenvalue weighted by molar-refractivity contribution is 5.72. The lowest BCUT2D eigenvalue weighted by atomic mass is 10.1. The summed E-state index contributed by atoms with van der Waals surface area (Å²) in [4.78, 5) is 11.0. The molecule has 0 saturated carbocycles. The predicted octanol–water partition coefficient (Wildman–Crippen LogP) is 2.51. The maximum absolute atomic E-state index is 13.3. The largest absolute Gasteiger partial charge is 0.466 e. The molecular formula is C12H13F2NO2. The lowest BCUT2D eigenvalue weighted by Gasteiger charge is -2.01. The van der Waals surface area contributed by atoms with Gasteiger partial charge in [0.05, 0.1) is 18.7 Å². The molecule has 0 radical (unpaired) electrons. The number of halogens is 2. The maximum atomic E-state index is 13.3. The first kappa shape index (κ1) is 13.2. The van der Waals surface area contributed by atoms with E-state index in [2.05, 4.69) is 4.74 Å². The third-order valence-electron chi connectivity index (χ3n) is 2.00. The van der Waals surface area contributed by atoms with E-state index < -0.39 is 17.6 Å². The van der Waals surface area contributed by atoms with Crippen LogP contribution in [0.25, 0.3) is 6.08 Å². The van der Waals surface area contributed by atoms with Crippen molar-refractivity contribution in [3.05, 3.63) is 35.4 Å². The van der Waals surface area contributed by atoms with Gasteiger partial charge in [0.15, 0.2) is 0 Å². The Labute approximate surface area is 97.9 Å². The van der Waals surface area contributed by atoms with Crippen LogP contribution in [0.2, 0.25) is 0 Å². The van der Waals surface area contributed by atoms with Crippen LogP contribution < -0.4 is 5.73 Å². The number of hydrogen-bond donors (Lipinski definition) is 1. The first-order valence-electron chi connectivity index (χ1n) is 5.11. The molecule has 0 aliphatic carbocycles. The molecule has 3 nitrogen and oxygen atoms in total. The van der Waals surface area contributed by atoms with Gasteiger partial charge in [-0.3, -0.25) is 4.79 Å². The van der Waals surface area contributed by atoms with Crippen LogP contribution in [0.15, 0.2) is 18.2 Å². The summed E-state index contributed by atoms with van der Waals surface area (Å²) in [6.07, 6.45) is 2.74. The van der Waals surface area contributed by atoms with Crippen molar-refractivity contribution in [3.63, 3.8) is 0 Å². The summed E-state index contributed by atoms with van der Waals surface area (Å²) in [6.45, 7) is 1.98. The standard InChI is InChI=1S/C12H13F2NO2/c1-2-17-12(16)5-3-4-8-6-10(14)11(15)7-9(8)13/h3-4,6-7H,2,5,15H2,1H3. The lowest BCUT2D eigenvalue weighted by Crippen LogP contribution is -2.01. The van der Waals surface area contributed by atoms with Gasteiger partial charge in [-0.25, -0.2) is 8.78 Å². The maximum Gasteiger partial charge on any atom is 0.309 e. The van der Waals surface area contributed by atoms with Crippen molar-refractivity contribution in [2.24, 2.45) is 0 Å². The molecule has 0 bridgehead atoms. The van der Waals surface area contributed by atoms with Crippen molar-refractivity contribution in [3.8, 4) is 0 Å². The van der Waals surface area contributed by atoms with E-state index >= 15 is 0 Å². The van der Waals surface area contributed by atoms with Gasteiger partial charge in [-0.2, -0.15) is 0 Å². The van der Waals surface area contributed by atoms with Crippen molar-refractivity contribution >= 4 is 17.7 Å². The smallest absolute Gasteiger partial charge is 0.309 e. The zero-order valence-corrected chi connectivity index (χ0v) is 9.37. The molecule has 17 heavy (non-hydrogen) atoms. The number of nitrogen functional groups attached to an aromatic ring is 1. The summed E-state index contributed by atoms with van der Waals surface area (Å²) in [6, 6.07) is 1.88. The van der Waals surface area contributed by atoms with Crippen LogP contribution in [0.4, 0.5) is 14.5 Å². The second-order valence-electron chi connectivity index (χ2n) is 3.31. The highest BCUT2D eigenvalue weighted by Gasteiger charge is 2.05. The Hall–Kier alpha value is -1.91. The van der Waals surface area contributed by atoms with Gasteiger partial charge < -0.3 is 10.5 Å². The number of carbonyl (C=O) groups is 1. The molecule has 0 amide bonds. The number of hydrogen-bond acceptors (Lipinski definition) is 3. The van der Waals surface area contributed by atoms with Crippen molar-refractivity contribution in [2.45, 2.75) is 13.3 Å². The Balaban J connectivity index is 2.71. The predicted molar refractivity (Wildman–Crippen MR) is 61.1 cm³/mol. The number of rotatable bonds is 4. The van der Waals surface area contributed by atoms with Gasteiger partial charge in [0, 0.05) is 11.6 Å². The number of benzene rings is 1. The fourth-order valence-corrected chi connectivity index (χ4v) is 1.21. The monoisotopic (exact) mass is 241 g/mol. The Morgan fingerprint density at radius 2 is 2.12 bits per heavy atom. The van der Waals surface area contributed by atoms with Crippen LogP contribution in [0.1, 0.15) is 18.9 Å². The van der Waals surface area contributed by atoms with Gasteiger partial charge in [-0.1, -0.05) is 12.2 Å². The lowest BCUT2D eigenvalue weighted by molar-refractivity contribution is -0.142. The van der Waals surface area contributed by atoms with E-state index in [1.54, 1.807) is 6.92 Å². The molecular weight excluding hydrogens is 228 g/mol. The average molecular weight is 241 g/mol. The van der Waals surface area contributed by atoms with Crippen molar-refractivity contribution in [1.82, 2.24) is 0 Å². The molecule has 0 fully saturated rings. The highest BCUT2D eigenvalue weighted by Crippen LogP contribution is 2.17. The molecule has 0 atom stereocenters. The fourth-order valence-electron chi connectivity index (χ4n) is 1.21. The first-order valence-corrected chi connectivity index (χ1v) is 5.11. The van der Waals surface area contributed by atoms with Crippen molar-refractivity contribution in [2.75, 3.05) is 12.3 Å². The van der Waals surface area contributed by atoms with Crippen molar-refractivity contribution in [1.29, 1.82) is 0 Å². The third-order valence-corrected chi connectivity index (χ3v) is 2.00. The number of nitrogens with two attached hydrogens (primary N) is 1. The summed E-state index contributed by atoms with van der Waals surface area (Å²) in [5.41, 5.74) is 4.99. The van der Waals surface area contributed by atoms with Crippen LogP contribution >= 0.6 is 0 Å². The molecule has 0 aromatic heterocycles. The van der Waals surface area contributed by atoms with Gasteiger partial charge in [0.2, 0.25) is 0 Å². The molecule has 0 aliphatic heterocycles. The topological polar surface area (TPSA) is 52.3 Å². The molecule has 1 aromatic rings. The molecule has 0 spiro atoms. The quantitative estimate of drug-likeness (QED) is 0.651. The Morgan fingerprint density at radius 3 is 2.76 bits per heavy atom. The summed E-state index contributed by atoms with van der Waals surface area (Å²) >= 11 is 0. The van der Waals surface area contributed by atoms with E-state index in [0.717, 1.165) is 12.1 Å². The number of carbonyl (C=O) groups excluding carboxylic acids is 1. The van der Waals surface area contributed by atoms with E-state index in [9.17, 15) is 13.6 Å². The third kappa shape index (κ3) is 3.86. The number of esters is 1. The molecule has 1 rings (SSSR count). The van der Waals surface area contributed by atoms with Gasteiger partial charge >= 0.3 is 5.97 Å². The van der Waals surface area contributed by atoms with Gasteiger partial charge in [0.1, 0.15) is 11.6 Å². The van der Waals surface area contributed by atoms with Gasteiger partial charge in [-0.05, 0) is 13.0 Å². The van der Waals surface area contributed by atoms with E-state index in [1.807, 2.05) is 0 Å². The molecule has 0 unspecified atom stereocenters. The second kappa shape index (κ2) is 5.98. The van der Waals surface area contributed by atoms with Crippen LogP contribution in [-0.4, -0.2) is 12.6 Å². The SMILES string of the molecule is CCOC(=O)CC=Cc1cc(F)c(N)cc1F. The Morgan fingerprint density at radius 1 is 1.41 bits per heavy atom. The molecule has 2 N–H and O–H groups in total. The Kier molecular flexibility index (Phi) is 4.63. The van der Waals surface area contributed by atoms with E-state index in [-0.39, 0.29) is 24.3 Å². The van der Waals surface area contributed by atoms with E-state index in [4.69, 9.17) is 5.73 Å². The van der Waals surface area contributed by atoms with E-state index in [1.165, 1.54) is 12.2 Å². The first-order chi connectivity index (χ1) is 8.04. The molecule has 5 heteroatoms. The van der Waals surface area contributed by atoms with Crippen LogP contribution in [0.3, 0.4) is 0 Å². The minimum Gasteiger partial charge on any atom is -0.466 e. The Bertz CT molecular complexity index is 444. The molecule has 1 aromatic carbocycles. The number of anilines is 1. The van der Waals surface area contributed by atoms with Crippen LogP contribution in [0, 0.1) is 11.6 Å². The number of ether oxygens (including phenoxy) is 1. The summed E-state index contributed by atoms with van der Waals surface area (Å²) in [5, 5.41) is 0. The molecule has 0 heterocycles. The second-order valence-corrected chi connectivity index (χ2v) is 3.31. The average Bonchev–Trinajstić information content (AvgIpc) is 2.26. The fraction of sp³-hybridized carbons (Fsp3) is 0.250. The minimum absolute atomic E-state index is 0.0132. The minimum atomic E-state index is -0.692. The summed E-state index contributed by atoms with van der Waals surface area (Å²) in [7, 11) is 0. The molecule has 92 valence electrons. The van der Waals surface area contributed by atoms with Crippen LogP contribution in [0.5, 0.6) is 0 Å². The van der Waals surface area contributed by atoms with Crippen molar-refractivity contribution < 1.29 is 18.3 Å². The zero-order chi connectivity index (χ0) is 12.8. The van der Waals surface area contributed by atoms with Gasteiger partial charge in [-0.15, -0.1) is 0 Å². The highest BCUT2D eigenvalue weighted by atomic mass is 19.1. The molecule has 0 aliphatic rings. The van der Waals surface area contributed by atoms with Gasteiger partial charge in [0.25, 0.3) is 0 Å². The zero-order valence-electron chi connectivity index (χ0n) is 9.37. The van der Waals surface area contributed by atoms with Crippen LogP contribution in [-0.2, 0) is 9.53 Å².